The predicted molar refractivity (Wildman–Crippen MR) is 323 cm³/mol. The van der Waals surface area contributed by atoms with Crippen LogP contribution in [0.25, 0.3) is 33.6 Å². The number of aryl methyl sites for hydroxylation is 2. The van der Waals surface area contributed by atoms with Crippen LogP contribution in [0.5, 0.6) is 0 Å². The Morgan fingerprint density at radius 1 is 0.650 bits per heavy atom. The lowest BCUT2D eigenvalue weighted by molar-refractivity contribution is 0.0240. The second kappa shape index (κ2) is 27.3. The standard InChI is InChI=1S/C31H41N7O4.C26H33N7O2.CH4.B.ClH/c1-7-41-21(3)26-20(2)24-19-33-29(35-27(24)38(28(26)39)22-10-8-9-11-22)34-25-13-12-23(18-32-25)36-14-16-37(17-15-36)30(40)42-31(4,5)6;1-4-35-18(3)23-17(2)21-16-29-26(31-24(21)33(25(23)34)19-7-5-6-8-19)30-22-10-9-20(15-28-22)32-13-11-27-12-14-32;;;/h12-13,18-19,22H,3,7-11,14-17H2,1-2,4-6H3,(H,32,33,34,35);9-10,15-16,19,27H,3-8,11-14H2,1-2H3,(H,28,29,30,31);1H4;;1H. The van der Waals surface area contributed by atoms with E-state index in [1.165, 1.54) is 0 Å². The Morgan fingerprint density at radius 3 is 1.44 bits per heavy atom. The average molecular weight is 1110 g/mol. The number of fused-ring (bicyclic) bond motifs is 2. The maximum absolute atomic E-state index is 13.8. The summed E-state index contributed by atoms with van der Waals surface area (Å²) in [7, 11) is 0. The smallest absolute Gasteiger partial charge is 0.410 e. The van der Waals surface area contributed by atoms with Crippen molar-refractivity contribution >= 4 is 95.4 Å². The van der Waals surface area contributed by atoms with Crippen LogP contribution in [-0.2, 0) is 14.2 Å². The summed E-state index contributed by atoms with van der Waals surface area (Å²) in [4.78, 5) is 74.0. The Bertz CT molecular complexity index is 3230. The van der Waals surface area contributed by atoms with E-state index in [9.17, 15) is 14.4 Å². The maximum atomic E-state index is 13.8. The molecule has 6 aromatic heterocycles. The van der Waals surface area contributed by atoms with E-state index in [0.717, 1.165) is 111 Å². The summed E-state index contributed by atoms with van der Waals surface area (Å²) in [6.07, 6.45) is 15.1. The Morgan fingerprint density at radius 2 is 1.06 bits per heavy atom. The van der Waals surface area contributed by atoms with E-state index in [1.54, 1.807) is 23.5 Å². The van der Waals surface area contributed by atoms with Gasteiger partial charge in [0.25, 0.3) is 11.1 Å². The van der Waals surface area contributed by atoms with Gasteiger partial charge in [-0.2, -0.15) is 9.97 Å². The molecular weight excluding hydrogens is 1030 g/mol. The highest BCUT2D eigenvalue weighted by Gasteiger charge is 2.29. The van der Waals surface area contributed by atoms with E-state index in [2.05, 4.69) is 64.9 Å². The Hall–Kier alpha value is -7.26. The number of hydrogen-bond acceptors (Lipinski definition) is 17. The van der Waals surface area contributed by atoms with Crippen LogP contribution in [0, 0.1) is 13.8 Å². The molecule has 4 fully saturated rings. The molecular formula is C58H79BClN14O6. The molecule has 0 spiro atoms. The molecule has 1 amide bonds. The lowest BCUT2D eigenvalue weighted by Gasteiger charge is -2.36. The van der Waals surface area contributed by atoms with Crippen molar-refractivity contribution in [1.29, 1.82) is 0 Å². The number of carbonyl (C=O) groups is 1. The van der Waals surface area contributed by atoms with E-state index in [4.69, 9.17) is 24.2 Å². The van der Waals surface area contributed by atoms with Gasteiger partial charge < -0.3 is 44.9 Å². The normalized spacial score (nSPS) is 15.7. The maximum Gasteiger partial charge on any atom is 0.410 e. The van der Waals surface area contributed by atoms with Crippen LogP contribution in [0.15, 0.2) is 71.8 Å². The topological polar surface area (TPSA) is 212 Å². The first kappa shape index (κ1) is 61.9. The summed E-state index contributed by atoms with van der Waals surface area (Å²) >= 11 is 0. The summed E-state index contributed by atoms with van der Waals surface area (Å²) in [5.74, 6) is 2.83. The lowest BCUT2D eigenvalue weighted by Crippen LogP contribution is -2.50. The van der Waals surface area contributed by atoms with Crippen molar-refractivity contribution in [2.75, 3.05) is 86.0 Å². The molecule has 8 heterocycles. The van der Waals surface area contributed by atoms with Gasteiger partial charge in [-0.05, 0) is 110 Å². The summed E-state index contributed by atoms with van der Waals surface area (Å²) < 4.78 is 20.4. The highest BCUT2D eigenvalue weighted by molar-refractivity contribution is 5.86. The molecule has 2 aliphatic heterocycles. The van der Waals surface area contributed by atoms with Crippen molar-refractivity contribution in [2.24, 2.45) is 0 Å². The Kier molecular flexibility index (Phi) is 21.1. The first-order chi connectivity index (χ1) is 37.1. The minimum Gasteiger partial charge on any atom is -0.494 e. The third-order valence-corrected chi connectivity index (χ3v) is 14.7. The fraction of sp³-hybridized carbons (Fsp3) is 0.500. The van der Waals surface area contributed by atoms with Crippen LogP contribution in [0.4, 0.5) is 39.7 Å². The summed E-state index contributed by atoms with van der Waals surface area (Å²) in [6, 6.07) is 8.06. The first-order valence-electron chi connectivity index (χ1n) is 27.2. The van der Waals surface area contributed by atoms with Gasteiger partial charge in [-0.3, -0.25) is 18.7 Å². The second-order valence-electron chi connectivity index (χ2n) is 21.0. The SMILES string of the molecule is C.C=C(OCC)c1c(C)c2cnc(Nc3ccc(N4CCN(C(=O)OC(C)(C)C)CC4)cn3)nc2n(C2CCCC2)c1=O.C=C(OCC)c1c(C)c2cnc(Nc3ccc(N4CCNCC4)cn3)nc2n(C2CCCC2)c1=O.Cl.[B]. The van der Waals surface area contributed by atoms with Crippen LogP contribution < -0.4 is 36.9 Å². The van der Waals surface area contributed by atoms with E-state index < -0.39 is 5.60 Å². The summed E-state index contributed by atoms with van der Waals surface area (Å²) in [6.45, 7) is 28.6. The molecule has 0 unspecified atom stereocenters. The molecule has 2 aliphatic carbocycles. The zero-order chi connectivity index (χ0) is 54.4. The molecule has 6 aromatic rings. The number of rotatable bonds is 14. The van der Waals surface area contributed by atoms with Gasteiger partial charge in [0, 0.05) is 96.0 Å². The van der Waals surface area contributed by atoms with Crippen molar-refractivity contribution in [1.82, 2.24) is 49.3 Å². The second-order valence-corrected chi connectivity index (χ2v) is 21.0. The number of ether oxygens (including phenoxy) is 3. The summed E-state index contributed by atoms with van der Waals surface area (Å²) in [5.41, 5.74) is 5.16. The van der Waals surface area contributed by atoms with Gasteiger partial charge in [0.2, 0.25) is 11.9 Å². The third-order valence-electron chi connectivity index (χ3n) is 14.7. The quantitative estimate of drug-likeness (QED) is 0.0684. The minimum atomic E-state index is -0.510. The molecule has 3 N–H and O–H groups in total. The fourth-order valence-electron chi connectivity index (χ4n) is 10.9. The van der Waals surface area contributed by atoms with Crippen molar-refractivity contribution in [3.05, 3.63) is 105 Å². The van der Waals surface area contributed by atoms with Crippen molar-refractivity contribution in [3.63, 3.8) is 0 Å². The Labute approximate surface area is 477 Å². The number of carbonyl (C=O) groups excluding carboxylic acids is 1. The van der Waals surface area contributed by atoms with E-state index in [0.29, 0.717) is 96.9 Å². The summed E-state index contributed by atoms with van der Waals surface area (Å²) in [5, 5.41) is 11.4. The van der Waals surface area contributed by atoms with Gasteiger partial charge in [-0.1, -0.05) is 46.3 Å². The lowest BCUT2D eigenvalue weighted by atomic mass is 10.0. The first-order valence-corrected chi connectivity index (χ1v) is 27.2. The van der Waals surface area contributed by atoms with Gasteiger partial charge in [-0.25, -0.2) is 24.7 Å². The molecule has 10 rings (SSSR count). The van der Waals surface area contributed by atoms with Gasteiger partial charge in [-0.15, -0.1) is 12.4 Å². The molecule has 2 saturated heterocycles. The van der Waals surface area contributed by atoms with E-state index in [1.807, 2.05) is 82.0 Å². The van der Waals surface area contributed by atoms with Crippen LogP contribution in [0.3, 0.4) is 0 Å². The fourth-order valence-corrected chi connectivity index (χ4v) is 10.9. The molecule has 0 aromatic carbocycles. The van der Waals surface area contributed by atoms with E-state index in [-0.39, 0.29) is 57.5 Å². The molecule has 2 saturated carbocycles. The van der Waals surface area contributed by atoms with Crippen molar-refractivity contribution in [2.45, 2.75) is 125 Å². The van der Waals surface area contributed by atoms with Crippen LogP contribution in [0.2, 0.25) is 0 Å². The Balaban J connectivity index is 0.000000252. The van der Waals surface area contributed by atoms with Gasteiger partial charge in [0.1, 0.15) is 40.0 Å². The molecule has 0 atom stereocenters. The number of nitrogens with zero attached hydrogens (tertiary/aromatic N) is 11. The molecule has 0 bridgehead atoms. The van der Waals surface area contributed by atoms with Gasteiger partial charge >= 0.3 is 6.09 Å². The van der Waals surface area contributed by atoms with Crippen molar-refractivity contribution in [3.8, 4) is 0 Å². The van der Waals surface area contributed by atoms with Crippen LogP contribution in [0.1, 0.15) is 128 Å². The molecule has 80 heavy (non-hydrogen) atoms. The largest absolute Gasteiger partial charge is 0.494 e. The molecule has 22 heteroatoms. The number of amides is 1. The highest BCUT2D eigenvalue weighted by Crippen LogP contribution is 2.35. The predicted octanol–water partition coefficient (Wildman–Crippen LogP) is 9.87. The molecule has 3 radical (unpaired) electrons. The van der Waals surface area contributed by atoms with Crippen molar-refractivity contribution < 1.29 is 19.0 Å². The number of hydrogen-bond donors (Lipinski definition) is 3. The van der Waals surface area contributed by atoms with E-state index >= 15 is 0 Å². The number of nitrogens with one attached hydrogen (secondary N) is 3. The monoisotopic (exact) mass is 1110 g/mol. The number of piperazine rings is 2. The number of pyridine rings is 4. The number of aromatic nitrogens is 8. The zero-order valence-corrected chi connectivity index (χ0v) is 47.6. The molecule has 20 nitrogen and oxygen atoms in total. The third kappa shape index (κ3) is 13.8. The van der Waals surface area contributed by atoms with Crippen LogP contribution >= 0.6 is 12.4 Å². The molecule has 4 aliphatic rings. The molecule has 427 valence electrons. The zero-order valence-electron chi connectivity index (χ0n) is 46.8. The minimum absolute atomic E-state index is 0. The van der Waals surface area contributed by atoms with Gasteiger partial charge in [0.15, 0.2) is 0 Å². The average Bonchev–Trinajstić information content (AvgIpc) is 4.31. The number of halogens is 1. The van der Waals surface area contributed by atoms with Gasteiger partial charge in [0.05, 0.1) is 48.1 Å². The van der Waals surface area contributed by atoms with Crippen LogP contribution in [-0.4, -0.2) is 130 Å². The number of anilines is 6. The highest BCUT2D eigenvalue weighted by atomic mass is 35.5.